The van der Waals surface area contributed by atoms with Gasteiger partial charge in [0.1, 0.15) is 5.75 Å². The van der Waals surface area contributed by atoms with Crippen molar-refractivity contribution < 1.29 is 5.11 Å². The molecule has 0 spiro atoms. The predicted octanol–water partition coefficient (Wildman–Crippen LogP) is 3.23. The molecule has 20 heavy (non-hydrogen) atoms. The number of benzene rings is 1. The summed E-state index contributed by atoms with van der Waals surface area (Å²) < 4.78 is 0. The Bertz CT molecular complexity index is 382. The van der Waals surface area contributed by atoms with Crippen LogP contribution in [-0.2, 0) is 0 Å². The van der Waals surface area contributed by atoms with Crippen LogP contribution in [0.25, 0.3) is 0 Å². The Labute approximate surface area is 134 Å². The van der Waals surface area contributed by atoms with Crippen LogP contribution >= 0.6 is 24.8 Å². The van der Waals surface area contributed by atoms with Crippen molar-refractivity contribution in [1.29, 1.82) is 0 Å². The summed E-state index contributed by atoms with van der Waals surface area (Å²) in [6.45, 7) is 8.83. The first kappa shape index (κ1) is 19.5. The summed E-state index contributed by atoms with van der Waals surface area (Å²) in [5.41, 5.74) is 1.24. The molecule has 5 heteroatoms. The number of rotatable bonds is 4. The molecule has 0 saturated carbocycles. The second-order valence-corrected chi connectivity index (χ2v) is 5.53. The minimum Gasteiger partial charge on any atom is -0.508 e. The minimum atomic E-state index is 0. The Kier molecular flexibility index (Phi) is 9.23. The van der Waals surface area contributed by atoms with Crippen LogP contribution in [0, 0.1) is 5.92 Å². The number of nitrogens with zero attached hydrogens (tertiary/aromatic N) is 1. The quantitative estimate of drug-likeness (QED) is 0.894. The van der Waals surface area contributed by atoms with Gasteiger partial charge in [0.2, 0.25) is 0 Å². The fourth-order valence-corrected chi connectivity index (χ4v) is 2.67. The Morgan fingerprint density at radius 1 is 1.20 bits per heavy atom. The highest BCUT2D eigenvalue weighted by molar-refractivity contribution is 5.85. The van der Waals surface area contributed by atoms with Crippen LogP contribution in [0.5, 0.6) is 5.75 Å². The molecule has 2 N–H and O–H groups in total. The molecule has 2 rings (SSSR count). The molecular formula is C15H26Cl2N2O. The fraction of sp³-hybridized carbons (Fsp3) is 0.600. The van der Waals surface area contributed by atoms with Crippen LogP contribution < -0.4 is 5.32 Å². The molecule has 1 aromatic carbocycles. The lowest BCUT2D eigenvalue weighted by Gasteiger charge is -2.36. The average molecular weight is 321 g/mol. The second kappa shape index (κ2) is 9.46. The molecule has 1 aliphatic heterocycles. The molecule has 116 valence electrons. The first-order chi connectivity index (χ1) is 8.66. The highest BCUT2D eigenvalue weighted by Crippen LogP contribution is 2.29. The third-order valence-electron chi connectivity index (χ3n) is 3.54. The zero-order valence-electron chi connectivity index (χ0n) is 12.2. The van der Waals surface area contributed by atoms with Gasteiger partial charge in [-0.1, -0.05) is 26.0 Å². The van der Waals surface area contributed by atoms with E-state index < -0.39 is 0 Å². The maximum atomic E-state index is 9.66. The number of nitrogens with one attached hydrogen (secondary N) is 1. The molecular weight excluding hydrogens is 295 g/mol. The van der Waals surface area contributed by atoms with E-state index in [4.69, 9.17) is 0 Å². The molecule has 0 aromatic heterocycles. The summed E-state index contributed by atoms with van der Waals surface area (Å²) in [7, 11) is 0. The van der Waals surface area contributed by atoms with Crippen molar-refractivity contribution in [2.45, 2.75) is 26.3 Å². The summed E-state index contributed by atoms with van der Waals surface area (Å²) in [4.78, 5) is 2.53. The summed E-state index contributed by atoms with van der Waals surface area (Å²) in [5.74, 6) is 1.03. The van der Waals surface area contributed by atoms with Crippen molar-refractivity contribution in [3.05, 3.63) is 29.8 Å². The molecule has 1 aliphatic rings. The van der Waals surface area contributed by atoms with Crippen LogP contribution in [0.15, 0.2) is 24.3 Å². The Hall–Kier alpha value is -0.480. The van der Waals surface area contributed by atoms with Crippen molar-refractivity contribution in [2.75, 3.05) is 26.2 Å². The molecule has 0 aliphatic carbocycles. The largest absolute Gasteiger partial charge is 0.508 e. The Morgan fingerprint density at radius 3 is 2.40 bits per heavy atom. The van der Waals surface area contributed by atoms with Gasteiger partial charge in [0, 0.05) is 32.2 Å². The standard InChI is InChI=1S/C15H24N2O.2ClH/c1-12(2)10-15(17-8-6-16-7-9-17)13-4-3-5-14(18)11-13;;/h3-5,11-12,15-16,18H,6-10H2,1-2H3;2*1H/t15-;;/m1../s1. The molecule has 1 atom stereocenters. The van der Waals surface area contributed by atoms with E-state index >= 15 is 0 Å². The van der Waals surface area contributed by atoms with E-state index in [1.165, 1.54) is 5.56 Å². The third-order valence-corrected chi connectivity index (χ3v) is 3.54. The topological polar surface area (TPSA) is 35.5 Å². The molecule has 1 heterocycles. The van der Waals surface area contributed by atoms with Crippen molar-refractivity contribution in [3.8, 4) is 5.75 Å². The highest BCUT2D eigenvalue weighted by Gasteiger charge is 2.23. The summed E-state index contributed by atoms with van der Waals surface area (Å²) in [6.07, 6.45) is 1.14. The van der Waals surface area contributed by atoms with Gasteiger partial charge in [0.25, 0.3) is 0 Å². The molecule has 0 bridgehead atoms. The van der Waals surface area contributed by atoms with E-state index in [9.17, 15) is 5.11 Å². The number of phenolic OH excluding ortho intramolecular Hbond substituents is 1. The fourth-order valence-electron chi connectivity index (χ4n) is 2.67. The van der Waals surface area contributed by atoms with Gasteiger partial charge >= 0.3 is 0 Å². The number of phenols is 1. The maximum absolute atomic E-state index is 9.66. The second-order valence-electron chi connectivity index (χ2n) is 5.53. The van der Waals surface area contributed by atoms with Crippen molar-refractivity contribution in [3.63, 3.8) is 0 Å². The molecule has 3 nitrogen and oxygen atoms in total. The molecule has 0 amide bonds. The first-order valence-corrected chi connectivity index (χ1v) is 6.90. The number of hydrogen-bond donors (Lipinski definition) is 2. The SMILES string of the molecule is CC(C)C[C@H](c1cccc(O)c1)N1CCNCC1.Cl.Cl. The number of piperazine rings is 1. The Balaban J connectivity index is 0.00000180. The summed E-state index contributed by atoms with van der Waals surface area (Å²) in [5, 5.41) is 13.1. The van der Waals surface area contributed by atoms with Crippen LogP contribution in [0.4, 0.5) is 0 Å². The highest BCUT2D eigenvalue weighted by atomic mass is 35.5. The monoisotopic (exact) mass is 320 g/mol. The van der Waals surface area contributed by atoms with Crippen LogP contribution in [0.1, 0.15) is 31.9 Å². The van der Waals surface area contributed by atoms with Crippen LogP contribution in [0.3, 0.4) is 0 Å². The normalized spacial score (nSPS) is 17.1. The number of halogens is 2. The lowest BCUT2D eigenvalue weighted by atomic mass is 9.95. The average Bonchev–Trinajstić information content (AvgIpc) is 2.37. The smallest absolute Gasteiger partial charge is 0.115 e. The van der Waals surface area contributed by atoms with Gasteiger partial charge in [0.15, 0.2) is 0 Å². The van der Waals surface area contributed by atoms with E-state index in [0.29, 0.717) is 17.7 Å². The lowest BCUT2D eigenvalue weighted by Crippen LogP contribution is -2.45. The van der Waals surface area contributed by atoms with Gasteiger partial charge in [0.05, 0.1) is 0 Å². The van der Waals surface area contributed by atoms with Gasteiger partial charge < -0.3 is 10.4 Å². The van der Waals surface area contributed by atoms with Crippen molar-refractivity contribution in [1.82, 2.24) is 10.2 Å². The lowest BCUT2D eigenvalue weighted by molar-refractivity contribution is 0.154. The zero-order valence-corrected chi connectivity index (χ0v) is 13.8. The van der Waals surface area contributed by atoms with E-state index in [2.05, 4.69) is 30.1 Å². The molecule has 1 saturated heterocycles. The van der Waals surface area contributed by atoms with Crippen LogP contribution in [-0.4, -0.2) is 36.2 Å². The predicted molar refractivity (Wildman–Crippen MR) is 89.2 cm³/mol. The van der Waals surface area contributed by atoms with Crippen LogP contribution in [0.2, 0.25) is 0 Å². The van der Waals surface area contributed by atoms with E-state index in [1.807, 2.05) is 12.1 Å². The first-order valence-electron chi connectivity index (χ1n) is 6.90. The minimum absolute atomic E-state index is 0. The number of hydrogen-bond acceptors (Lipinski definition) is 3. The van der Waals surface area contributed by atoms with E-state index in [-0.39, 0.29) is 24.8 Å². The molecule has 1 fully saturated rings. The zero-order chi connectivity index (χ0) is 13.0. The summed E-state index contributed by atoms with van der Waals surface area (Å²) in [6, 6.07) is 8.16. The molecule has 0 unspecified atom stereocenters. The van der Waals surface area contributed by atoms with Gasteiger partial charge in [-0.25, -0.2) is 0 Å². The van der Waals surface area contributed by atoms with Gasteiger partial charge in [-0.2, -0.15) is 0 Å². The van der Waals surface area contributed by atoms with E-state index in [1.54, 1.807) is 6.07 Å². The van der Waals surface area contributed by atoms with Crippen molar-refractivity contribution in [2.24, 2.45) is 5.92 Å². The Morgan fingerprint density at radius 2 is 1.85 bits per heavy atom. The van der Waals surface area contributed by atoms with Gasteiger partial charge in [-0.05, 0) is 30.0 Å². The summed E-state index contributed by atoms with van der Waals surface area (Å²) >= 11 is 0. The van der Waals surface area contributed by atoms with Gasteiger partial charge in [-0.15, -0.1) is 24.8 Å². The third kappa shape index (κ3) is 5.49. The molecule has 0 radical (unpaired) electrons. The maximum Gasteiger partial charge on any atom is 0.115 e. The van der Waals surface area contributed by atoms with Gasteiger partial charge in [-0.3, -0.25) is 4.90 Å². The van der Waals surface area contributed by atoms with E-state index in [0.717, 1.165) is 32.6 Å². The number of aromatic hydroxyl groups is 1. The molecule has 1 aromatic rings. The van der Waals surface area contributed by atoms with Crippen molar-refractivity contribution >= 4 is 24.8 Å².